The minimum Gasteiger partial charge on any atom is -0.472 e. The lowest BCUT2D eigenvalue weighted by Crippen LogP contribution is -2.08. The van der Waals surface area contributed by atoms with Gasteiger partial charge in [0.25, 0.3) is 0 Å². The minimum absolute atomic E-state index is 0.0225. The van der Waals surface area contributed by atoms with E-state index in [1.807, 2.05) is 26.0 Å². The molecule has 0 spiro atoms. The molecule has 1 unspecified atom stereocenters. The van der Waals surface area contributed by atoms with Crippen LogP contribution in [0, 0.1) is 12.7 Å². The molecule has 0 fully saturated rings. The summed E-state index contributed by atoms with van der Waals surface area (Å²) >= 11 is 0. The smallest absolute Gasteiger partial charge is 0.146 e. The van der Waals surface area contributed by atoms with Crippen molar-refractivity contribution < 1.29 is 8.81 Å². The fourth-order valence-corrected chi connectivity index (χ4v) is 1.64. The molecule has 2 nitrogen and oxygen atoms in total. The van der Waals surface area contributed by atoms with Gasteiger partial charge in [0.1, 0.15) is 5.82 Å². The van der Waals surface area contributed by atoms with E-state index in [0.29, 0.717) is 5.69 Å². The van der Waals surface area contributed by atoms with E-state index in [-0.39, 0.29) is 11.9 Å². The molecule has 3 heteroatoms. The SMILES string of the molecule is Cc1cccc(F)c1NC(C)c1ccoc1. The lowest BCUT2D eigenvalue weighted by Gasteiger charge is -2.16. The van der Waals surface area contributed by atoms with Crippen molar-refractivity contribution in [2.75, 3.05) is 5.32 Å². The topological polar surface area (TPSA) is 25.2 Å². The molecule has 0 bridgehead atoms. The number of furan rings is 1. The van der Waals surface area contributed by atoms with Gasteiger partial charge in [-0.15, -0.1) is 0 Å². The van der Waals surface area contributed by atoms with E-state index >= 15 is 0 Å². The number of nitrogens with one attached hydrogen (secondary N) is 1. The van der Waals surface area contributed by atoms with Crippen molar-refractivity contribution in [3.8, 4) is 0 Å². The maximum Gasteiger partial charge on any atom is 0.146 e. The van der Waals surface area contributed by atoms with Crippen LogP contribution in [0.25, 0.3) is 0 Å². The molecule has 16 heavy (non-hydrogen) atoms. The second kappa shape index (κ2) is 4.39. The quantitative estimate of drug-likeness (QED) is 0.846. The second-order valence-corrected chi connectivity index (χ2v) is 3.85. The van der Waals surface area contributed by atoms with Gasteiger partial charge in [0.2, 0.25) is 0 Å². The highest BCUT2D eigenvalue weighted by Gasteiger charge is 2.10. The molecular weight excluding hydrogens is 205 g/mol. The number of benzene rings is 1. The van der Waals surface area contributed by atoms with Crippen molar-refractivity contribution in [2.24, 2.45) is 0 Å². The molecule has 1 heterocycles. The molecule has 0 aliphatic heterocycles. The van der Waals surface area contributed by atoms with Crippen LogP contribution in [-0.4, -0.2) is 0 Å². The summed E-state index contributed by atoms with van der Waals surface area (Å²) in [5.74, 6) is -0.227. The van der Waals surface area contributed by atoms with E-state index in [1.165, 1.54) is 6.07 Å². The summed E-state index contributed by atoms with van der Waals surface area (Å²) < 4.78 is 18.6. The number of anilines is 1. The standard InChI is InChI=1S/C13H14FNO/c1-9-4-3-5-12(14)13(9)15-10(2)11-6-7-16-8-11/h3-8,10,15H,1-2H3. The van der Waals surface area contributed by atoms with Gasteiger partial charge in [-0.1, -0.05) is 12.1 Å². The maximum absolute atomic E-state index is 13.6. The summed E-state index contributed by atoms with van der Waals surface area (Å²) in [6.45, 7) is 3.85. The Hall–Kier alpha value is -1.77. The predicted octanol–water partition coefficient (Wildman–Crippen LogP) is 3.90. The lowest BCUT2D eigenvalue weighted by atomic mass is 10.1. The third kappa shape index (κ3) is 2.08. The Labute approximate surface area is 94.1 Å². The fraction of sp³-hybridized carbons (Fsp3) is 0.231. The molecule has 0 saturated heterocycles. The summed E-state index contributed by atoms with van der Waals surface area (Å²) in [4.78, 5) is 0. The van der Waals surface area contributed by atoms with Crippen LogP contribution in [-0.2, 0) is 0 Å². The van der Waals surface area contributed by atoms with Crippen LogP contribution in [0.2, 0.25) is 0 Å². The highest BCUT2D eigenvalue weighted by Crippen LogP contribution is 2.24. The summed E-state index contributed by atoms with van der Waals surface area (Å²) in [6, 6.07) is 6.94. The normalized spacial score (nSPS) is 12.4. The maximum atomic E-state index is 13.6. The Morgan fingerprint density at radius 3 is 2.75 bits per heavy atom. The summed E-state index contributed by atoms with van der Waals surface area (Å²) in [7, 11) is 0. The van der Waals surface area contributed by atoms with E-state index in [1.54, 1.807) is 18.6 Å². The number of hydrogen-bond acceptors (Lipinski definition) is 2. The molecule has 0 aliphatic rings. The van der Waals surface area contributed by atoms with Crippen LogP contribution < -0.4 is 5.32 Å². The van der Waals surface area contributed by atoms with Crippen LogP contribution in [0.4, 0.5) is 10.1 Å². The van der Waals surface area contributed by atoms with Gasteiger partial charge in [-0.25, -0.2) is 4.39 Å². The first-order chi connectivity index (χ1) is 7.68. The van der Waals surface area contributed by atoms with Gasteiger partial charge >= 0.3 is 0 Å². The molecule has 1 N–H and O–H groups in total. The summed E-state index contributed by atoms with van der Waals surface area (Å²) in [6.07, 6.45) is 3.27. The Bertz CT molecular complexity index is 445. The molecule has 1 aromatic heterocycles. The van der Waals surface area contributed by atoms with Gasteiger partial charge in [-0.3, -0.25) is 0 Å². The molecule has 84 valence electrons. The zero-order chi connectivity index (χ0) is 11.5. The van der Waals surface area contributed by atoms with Gasteiger partial charge < -0.3 is 9.73 Å². The van der Waals surface area contributed by atoms with Crippen LogP contribution in [0.1, 0.15) is 24.1 Å². The number of halogens is 1. The van der Waals surface area contributed by atoms with Crippen LogP contribution in [0.15, 0.2) is 41.2 Å². The van der Waals surface area contributed by atoms with Gasteiger partial charge in [-0.05, 0) is 31.5 Å². The van der Waals surface area contributed by atoms with Gasteiger partial charge in [-0.2, -0.15) is 0 Å². The van der Waals surface area contributed by atoms with Crippen molar-refractivity contribution >= 4 is 5.69 Å². The Morgan fingerprint density at radius 2 is 2.12 bits per heavy atom. The monoisotopic (exact) mass is 219 g/mol. The molecule has 1 atom stereocenters. The van der Waals surface area contributed by atoms with E-state index < -0.39 is 0 Å². The molecule has 2 rings (SSSR count). The highest BCUT2D eigenvalue weighted by molar-refractivity contribution is 5.53. The van der Waals surface area contributed by atoms with E-state index in [9.17, 15) is 4.39 Å². The van der Waals surface area contributed by atoms with Gasteiger partial charge in [0, 0.05) is 5.56 Å². The largest absolute Gasteiger partial charge is 0.472 e. The first-order valence-electron chi connectivity index (χ1n) is 5.22. The summed E-state index contributed by atoms with van der Waals surface area (Å²) in [5.41, 5.74) is 2.45. The predicted molar refractivity (Wildman–Crippen MR) is 61.9 cm³/mol. The highest BCUT2D eigenvalue weighted by atomic mass is 19.1. The number of rotatable bonds is 3. The van der Waals surface area contributed by atoms with Crippen LogP contribution in [0.3, 0.4) is 0 Å². The van der Waals surface area contributed by atoms with Gasteiger partial charge in [0.15, 0.2) is 0 Å². The van der Waals surface area contributed by atoms with Crippen LogP contribution >= 0.6 is 0 Å². The van der Waals surface area contributed by atoms with E-state index in [2.05, 4.69) is 5.32 Å². The average molecular weight is 219 g/mol. The second-order valence-electron chi connectivity index (χ2n) is 3.85. The Balaban J connectivity index is 2.21. The third-order valence-electron chi connectivity index (χ3n) is 2.63. The number of hydrogen-bond donors (Lipinski definition) is 1. The van der Waals surface area contributed by atoms with Crippen molar-refractivity contribution in [1.29, 1.82) is 0 Å². The van der Waals surface area contributed by atoms with Crippen molar-refractivity contribution in [3.63, 3.8) is 0 Å². The Kier molecular flexibility index (Phi) is 2.95. The molecule has 0 aliphatic carbocycles. The molecule has 2 aromatic rings. The van der Waals surface area contributed by atoms with E-state index in [0.717, 1.165) is 11.1 Å². The number of para-hydroxylation sites is 1. The molecule has 0 radical (unpaired) electrons. The van der Waals surface area contributed by atoms with Crippen molar-refractivity contribution in [1.82, 2.24) is 0 Å². The lowest BCUT2D eigenvalue weighted by molar-refractivity contribution is 0.561. The third-order valence-corrected chi connectivity index (χ3v) is 2.63. The molecule has 1 aromatic carbocycles. The van der Waals surface area contributed by atoms with Crippen molar-refractivity contribution in [3.05, 3.63) is 53.7 Å². The van der Waals surface area contributed by atoms with E-state index in [4.69, 9.17) is 4.42 Å². The summed E-state index contributed by atoms with van der Waals surface area (Å²) in [5, 5.41) is 3.15. The molecule has 0 amide bonds. The fourth-order valence-electron chi connectivity index (χ4n) is 1.64. The molecular formula is C13H14FNO. The Morgan fingerprint density at radius 1 is 1.31 bits per heavy atom. The van der Waals surface area contributed by atoms with Crippen molar-refractivity contribution in [2.45, 2.75) is 19.9 Å². The number of aryl methyl sites for hydroxylation is 1. The first-order valence-corrected chi connectivity index (χ1v) is 5.22. The van der Waals surface area contributed by atoms with Crippen LogP contribution in [0.5, 0.6) is 0 Å². The average Bonchev–Trinajstić information content (AvgIpc) is 2.76. The minimum atomic E-state index is -0.227. The van der Waals surface area contributed by atoms with Gasteiger partial charge in [0.05, 0.1) is 24.3 Å². The zero-order valence-corrected chi connectivity index (χ0v) is 9.33. The first kappa shape index (κ1) is 10.7. The molecule has 0 saturated carbocycles. The zero-order valence-electron chi connectivity index (χ0n) is 9.33.